The Kier molecular flexibility index (Phi) is 8.64. The van der Waals surface area contributed by atoms with Gasteiger partial charge in [0.2, 0.25) is 5.91 Å². The minimum atomic E-state index is -4.89. The van der Waals surface area contributed by atoms with Crippen molar-refractivity contribution < 1.29 is 40.3 Å². The van der Waals surface area contributed by atoms with Crippen molar-refractivity contribution in [1.82, 2.24) is 0 Å². The number of nitrogens with two attached hydrogens (primary N) is 1. The Balaban J connectivity index is 2.08. The van der Waals surface area contributed by atoms with Crippen LogP contribution in [0.4, 0.5) is 8.78 Å². The summed E-state index contributed by atoms with van der Waals surface area (Å²) in [5, 5.41) is 0.202. The van der Waals surface area contributed by atoms with Crippen LogP contribution >= 0.6 is 34.9 Å². The first-order valence-corrected chi connectivity index (χ1v) is 15.5. The van der Waals surface area contributed by atoms with E-state index < -0.39 is 33.9 Å². The van der Waals surface area contributed by atoms with E-state index in [0.29, 0.717) is 16.9 Å². The highest BCUT2D eigenvalue weighted by atomic mass is 79.9. The molecule has 1 heterocycles. The first kappa shape index (κ1) is 28.7. The topological polar surface area (TPSA) is 122 Å². The van der Waals surface area contributed by atoms with E-state index in [1.807, 2.05) is 0 Å². The number of benzene rings is 2. The van der Waals surface area contributed by atoms with Gasteiger partial charge in [0.25, 0.3) is 0 Å². The number of hydrogen-bond donors (Lipinski definition) is 1. The molecule has 0 bridgehead atoms. The van der Waals surface area contributed by atoms with Crippen molar-refractivity contribution in [3.05, 3.63) is 56.9 Å². The number of ether oxygens (including phenoxy) is 1. The maximum Gasteiger partial charge on any atom is 0.405 e. The van der Waals surface area contributed by atoms with E-state index in [1.54, 1.807) is 12.1 Å². The van der Waals surface area contributed by atoms with Gasteiger partial charge in [-0.05, 0) is 59.6 Å². The maximum atomic E-state index is 15.5. The van der Waals surface area contributed by atoms with Gasteiger partial charge in [-0.15, -0.1) is 11.3 Å². The molecule has 196 valence electrons. The number of amides is 1. The molecular weight excluding hydrogens is 603 g/mol. The van der Waals surface area contributed by atoms with Gasteiger partial charge >= 0.3 is 13.3 Å². The molecule has 0 unspecified atom stereocenters. The molecule has 2 N–H and O–H groups in total. The summed E-state index contributed by atoms with van der Waals surface area (Å²) in [6.45, 7) is 2.28. The quantitative estimate of drug-likeness (QED) is 0.257. The zero-order valence-corrected chi connectivity index (χ0v) is 23.5. The predicted octanol–water partition coefficient (Wildman–Crippen LogP) is 6.06. The normalized spacial score (nSPS) is 12.7. The zero-order chi connectivity index (χ0) is 26.9. The lowest BCUT2D eigenvalue weighted by molar-refractivity contribution is 0.0387. The second kappa shape index (κ2) is 10.8. The van der Waals surface area contributed by atoms with Crippen LogP contribution < -0.4 is 10.5 Å². The molecule has 0 atom stereocenters. The van der Waals surface area contributed by atoms with Crippen molar-refractivity contribution in [3.8, 4) is 5.75 Å². The Morgan fingerprint density at radius 3 is 2.22 bits per heavy atom. The van der Waals surface area contributed by atoms with E-state index in [0.717, 1.165) is 6.26 Å². The molecule has 0 saturated heterocycles. The smallest absolute Gasteiger partial charge is 0.405 e. The number of fused-ring (bicyclic) bond motifs is 1. The highest BCUT2D eigenvalue weighted by molar-refractivity contribution is 9.10. The van der Waals surface area contributed by atoms with Gasteiger partial charge < -0.3 is 19.5 Å². The van der Waals surface area contributed by atoms with Crippen molar-refractivity contribution in [1.29, 1.82) is 0 Å². The Morgan fingerprint density at radius 1 is 1.14 bits per heavy atom. The number of alkyl halides is 2. The lowest BCUT2D eigenvalue weighted by Crippen LogP contribution is -2.17. The van der Waals surface area contributed by atoms with Crippen molar-refractivity contribution in [3.63, 3.8) is 0 Å². The summed E-state index contributed by atoms with van der Waals surface area (Å²) in [5.41, 5.74) is 2.03. The molecule has 1 aromatic heterocycles. The first-order valence-electron chi connectivity index (χ1n) is 10.5. The van der Waals surface area contributed by atoms with Crippen molar-refractivity contribution in [2.75, 3.05) is 19.5 Å². The number of rotatable bonds is 11. The van der Waals surface area contributed by atoms with E-state index in [-0.39, 0.29) is 50.6 Å². The van der Waals surface area contributed by atoms with Crippen molar-refractivity contribution >= 4 is 60.7 Å². The standard InChI is InChI=1S/C22H23BrF2NO7PS2/c1-4-32-34(28,33-5-2)22(24,25)20-18(23)16-10-14(21(26)27)11-17(19(16)35-20)31-12-13-6-8-15(9-7-13)36(3,29)30/h6-11H,4-5,12H2,1-3H3,(H2,26,27). The summed E-state index contributed by atoms with van der Waals surface area (Å²) in [5.74, 6) is -0.719. The van der Waals surface area contributed by atoms with Crippen LogP contribution in [-0.4, -0.2) is 33.8 Å². The van der Waals surface area contributed by atoms with Gasteiger partial charge in [-0.2, -0.15) is 8.78 Å². The van der Waals surface area contributed by atoms with E-state index in [4.69, 9.17) is 19.5 Å². The molecular formula is C22H23BrF2NO7PS2. The summed E-state index contributed by atoms with van der Waals surface area (Å²) >= 11 is 3.77. The van der Waals surface area contributed by atoms with Crippen LogP contribution in [0.2, 0.25) is 0 Å². The minimum absolute atomic E-state index is 0.0103. The first-order chi connectivity index (χ1) is 16.7. The van der Waals surface area contributed by atoms with Crippen LogP contribution in [0.15, 0.2) is 45.8 Å². The number of halogens is 3. The van der Waals surface area contributed by atoms with Gasteiger partial charge in [0, 0.05) is 21.7 Å². The van der Waals surface area contributed by atoms with Gasteiger partial charge in [-0.3, -0.25) is 9.36 Å². The Labute approximate surface area is 219 Å². The third kappa shape index (κ3) is 5.66. The number of thiophene rings is 1. The van der Waals surface area contributed by atoms with E-state index >= 15 is 8.78 Å². The molecule has 36 heavy (non-hydrogen) atoms. The summed E-state index contributed by atoms with van der Waals surface area (Å²) < 4.78 is 83.1. The van der Waals surface area contributed by atoms with E-state index in [1.165, 1.54) is 38.1 Å². The average Bonchev–Trinajstić information content (AvgIpc) is 3.14. The number of carbonyl (C=O) groups excluding carboxylic acids is 1. The second-order valence-electron chi connectivity index (χ2n) is 7.54. The highest BCUT2D eigenvalue weighted by Gasteiger charge is 2.57. The van der Waals surface area contributed by atoms with Gasteiger partial charge in [0.1, 0.15) is 17.2 Å². The summed E-state index contributed by atoms with van der Waals surface area (Å²) in [7, 11) is -8.27. The van der Waals surface area contributed by atoms with Crippen LogP contribution in [0.1, 0.15) is 34.6 Å². The molecule has 14 heteroatoms. The second-order valence-corrected chi connectivity index (χ2v) is 13.4. The van der Waals surface area contributed by atoms with Gasteiger partial charge in [0.05, 0.1) is 22.8 Å². The van der Waals surface area contributed by atoms with E-state index in [9.17, 15) is 17.8 Å². The summed E-state index contributed by atoms with van der Waals surface area (Å²) in [6, 6.07) is 8.60. The lowest BCUT2D eigenvalue weighted by atomic mass is 10.1. The molecule has 0 spiro atoms. The molecule has 0 aliphatic heterocycles. The Hall–Kier alpha value is -1.89. The monoisotopic (exact) mass is 625 g/mol. The van der Waals surface area contributed by atoms with E-state index in [2.05, 4.69) is 15.9 Å². The van der Waals surface area contributed by atoms with Gasteiger partial charge in [-0.1, -0.05) is 12.1 Å². The Morgan fingerprint density at radius 2 is 1.72 bits per heavy atom. The van der Waals surface area contributed by atoms with Gasteiger partial charge in [-0.25, -0.2) is 8.42 Å². The summed E-state index contributed by atoms with van der Waals surface area (Å²) in [4.78, 5) is 11.4. The van der Waals surface area contributed by atoms with Crippen LogP contribution in [0, 0.1) is 0 Å². The number of sulfone groups is 1. The molecule has 0 aliphatic rings. The Bertz CT molecular complexity index is 1430. The van der Waals surface area contributed by atoms with Crippen LogP contribution in [0.25, 0.3) is 10.1 Å². The molecule has 0 saturated carbocycles. The van der Waals surface area contributed by atoms with Crippen LogP contribution in [-0.2, 0) is 35.7 Å². The average molecular weight is 626 g/mol. The largest absolute Gasteiger partial charge is 0.487 e. The van der Waals surface area contributed by atoms with Crippen LogP contribution in [0.3, 0.4) is 0 Å². The van der Waals surface area contributed by atoms with Crippen LogP contribution in [0.5, 0.6) is 5.75 Å². The predicted molar refractivity (Wildman–Crippen MR) is 137 cm³/mol. The SMILES string of the molecule is CCOP(=O)(OCC)C(F)(F)c1sc2c(OCc3ccc(S(C)(=O)=O)cc3)cc(C(N)=O)cc2c1Br. The van der Waals surface area contributed by atoms with Gasteiger partial charge in [0.15, 0.2) is 9.84 Å². The molecule has 0 fully saturated rings. The fourth-order valence-corrected chi connectivity index (χ4v) is 7.89. The lowest BCUT2D eigenvalue weighted by Gasteiger charge is -2.25. The molecule has 0 radical (unpaired) electrons. The fourth-order valence-electron chi connectivity index (χ4n) is 3.24. The number of carbonyl (C=O) groups is 1. The number of primary amides is 1. The molecule has 2 aromatic carbocycles. The zero-order valence-electron chi connectivity index (χ0n) is 19.4. The molecule has 1 amide bonds. The van der Waals surface area contributed by atoms with Crippen molar-refractivity contribution in [2.24, 2.45) is 5.73 Å². The summed E-state index contributed by atoms with van der Waals surface area (Å²) in [6.07, 6.45) is 1.09. The molecule has 3 aromatic rings. The third-order valence-electron chi connectivity index (χ3n) is 4.94. The number of hydrogen-bond acceptors (Lipinski definition) is 8. The highest BCUT2D eigenvalue weighted by Crippen LogP contribution is 2.69. The fraction of sp³-hybridized carbons (Fsp3) is 0.318. The maximum absolute atomic E-state index is 15.5. The minimum Gasteiger partial charge on any atom is -0.487 e. The molecule has 3 rings (SSSR count). The molecule has 0 aliphatic carbocycles. The van der Waals surface area contributed by atoms with Crippen molar-refractivity contribution in [2.45, 2.75) is 31.0 Å². The third-order valence-corrected chi connectivity index (χ3v) is 10.7. The molecule has 8 nitrogen and oxygen atoms in total.